The van der Waals surface area contributed by atoms with Crippen LogP contribution in [0.5, 0.6) is 0 Å². The van der Waals surface area contributed by atoms with Gasteiger partial charge in [0.1, 0.15) is 30.8 Å². The first-order chi connectivity index (χ1) is 28.9. The molecule has 1 heterocycles. The molecule has 1 fully saturated rings. The topological polar surface area (TPSA) is 320 Å². The molecule has 0 radical (unpaired) electrons. The Morgan fingerprint density at radius 1 is 0.672 bits per heavy atom. The number of nitrogens with one attached hydrogen (secondary N) is 7. The molecule has 0 saturated carbocycles. The molecular formula is C40H53N7O14. The lowest BCUT2D eigenvalue weighted by atomic mass is 10.0. The molecule has 0 aromatic heterocycles. The molecule has 2 aromatic carbocycles. The minimum Gasteiger partial charge on any atom is -0.481 e. The van der Waals surface area contributed by atoms with E-state index >= 15 is 0 Å². The number of ether oxygens (including phenoxy) is 2. The summed E-state index contributed by atoms with van der Waals surface area (Å²) in [6, 6.07) is 10.6. The van der Waals surface area contributed by atoms with Gasteiger partial charge in [-0.3, -0.25) is 49.2 Å². The number of aliphatic hydroxyl groups is 1. The molecular weight excluding hydrogens is 802 g/mol. The molecule has 61 heavy (non-hydrogen) atoms. The summed E-state index contributed by atoms with van der Waals surface area (Å²) in [7, 11) is 0. The van der Waals surface area contributed by atoms with Crippen LogP contribution in [0.15, 0.2) is 60.7 Å². The first-order valence-corrected chi connectivity index (χ1v) is 19.4. The van der Waals surface area contributed by atoms with Gasteiger partial charge in [0.25, 0.3) is 11.8 Å². The molecule has 1 aliphatic rings. The quantitative estimate of drug-likeness (QED) is 0.0455. The zero-order valence-corrected chi connectivity index (χ0v) is 34.0. The Morgan fingerprint density at radius 2 is 1.26 bits per heavy atom. The summed E-state index contributed by atoms with van der Waals surface area (Å²) in [5, 5.41) is 41.4. The Kier molecular flexibility index (Phi) is 19.2. The van der Waals surface area contributed by atoms with Crippen molar-refractivity contribution < 1.29 is 67.9 Å². The number of alkyl carbamates (subject to hydrolysis) is 1. The number of carboxylic acid groups (broad SMARTS) is 2. The zero-order chi connectivity index (χ0) is 45.2. The van der Waals surface area contributed by atoms with Crippen molar-refractivity contribution in [2.45, 2.75) is 115 Å². The van der Waals surface area contributed by atoms with Gasteiger partial charge in [-0.15, -0.1) is 0 Å². The van der Waals surface area contributed by atoms with E-state index in [1.54, 1.807) is 51.1 Å². The fourth-order valence-corrected chi connectivity index (χ4v) is 5.75. The second kappa shape index (κ2) is 24.0. The maximum Gasteiger partial charge on any atom is 0.408 e. The smallest absolute Gasteiger partial charge is 0.408 e. The van der Waals surface area contributed by atoms with E-state index in [-0.39, 0.29) is 18.9 Å². The number of benzene rings is 2. The highest BCUT2D eigenvalue weighted by atomic mass is 16.6. The maximum absolute atomic E-state index is 13.5. The van der Waals surface area contributed by atoms with Crippen LogP contribution in [0.4, 0.5) is 4.79 Å². The maximum atomic E-state index is 13.5. The first kappa shape index (κ1) is 48.9. The van der Waals surface area contributed by atoms with Gasteiger partial charge in [-0.2, -0.15) is 0 Å². The average Bonchev–Trinajstić information content (AvgIpc) is 4.02. The summed E-state index contributed by atoms with van der Waals surface area (Å²) in [6.45, 7) is 6.46. The van der Waals surface area contributed by atoms with Gasteiger partial charge in [-0.1, -0.05) is 74.5 Å². The molecule has 21 nitrogen and oxygen atoms in total. The van der Waals surface area contributed by atoms with Crippen molar-refractivity contribution in [3.63, 3.8) is 0 Å². The van der Waals surface area contributed by atoms with Crippen molar-refractivity contribution in [2.24, 2.45) is 5.92 Å². The minimum absolute atomic E-state index is 0.0734. The number of carbonyl (C=O) groups excluding carboxylic acids is 7. The molecule has 2 aromatic rings. The third-order valence-electron chi connectivity index (χ3n) is 9.10. The molecule has 0 bridgehead atoms. The van der Waals surface area contributed by atoms with Crippen LogP contribution in [0.3, 0.4) is 0 Å². The molecule has 0 aliphatic carbocycles. The van der Waals surface area contributed by atoms with Gasteiger partial charge in [0.15, 0.2) is 18.0 Å². The predicted octanol–water partition coefficient (Wildman–Crippen LogP) is -0.836. The fraction of sp³-hybridized carbons (Fsp3) is 0.475. The van der Waals surface area contributed by atoms with Crippen molar-refractivity contribution in [1.29, 1.82) is 0 Å². The number of amides is 6. The summed E-state index contributed by atoms with van der Waals surface area (Å²) in [4.78, 5) is 115. The number of hydrogen-bond acceptors (Lipinski definition) is 13. The summed E-state index contributed by atoms with van der Waals surface area (Å²) in [6.07, 6.45) is -7.13. The molecule has 3 unspecified atom stereocenters. The standard InChI is InChI=1S/C40H53N7O14/c1-21(2)17-27(44-40(59)60-20-25-13-9-6-10-14-25)36(55)42-26(15-16-29(49)50)35(54)45-31(23(4)48)38(57)43-28(18-30(51)52)37(56)46-47-39(58)34-33(61-34)32(53)22(3)41-19-24-11-7-5-8-12-24/h5-14,21-23,26-28,31,33-34,41,48H,15-20H2,1-4H3,(H,42,55)(H,43,57)(H,44,59)(H,45,54)(H,46,56)(H,47,58)(H,49,50)(H,51,52)/t22?,23-,26+,27+,28+,31+,33?,34?/m1/s1. The number of carbonyl (C=O) groups is 9. The first-order valence-electron chi connectivity index (χ1n) is 19.4. The number of epoxide rings is 1. The van der Waals surface area contributed by atoms with Gasteiger partial charge in [-0.05, 0) is 43.7 Å². The van der Waals surface area contributed by atoms with Crippen LogP contribution in [-0.4, -0.2) is 117 Å². The van der Waals surface area contributed by atoms with Gasteiger partial charge < -0.3 is 51.4 Å². The summed E-state index contributed by atoms with van der Waals surface area (Å²) >= 11 is 0. The van der Waals surface area contributed by atoms with Crippen LogP contribution in [0.25, 0.3) is 0 Å². The highest BCUT2D eigenvalue weighted by Gasteiger charge is 2.51. The summed E-state index contributed by atoms with van der Waals surface area (Å²) in [5.74, 6) is -8.98. The molecule has 1 saturated heterocycles. The van der Waals surface area contributed by atoms with E-state index in [1.165, 1.54) is 0 Å². The van der Waals surface area contributed by atoms with Crippen LogP contribution >= 0.6 is 0 Å². The van der Waals surface area contributed by atoms with Crippen LogP contribution in [0, 0.1) is 5.92 Å². The van der Waals surface area contributed by atoms with Crippen LogP contribution in [0.1, 0.15) is 64.5 Å². The van der Waals surface area contributed by atoms with Gasteiger partial charge in [0, 0.05) is 13.0 Å². The van der Waals surface area contributed by atoms with Crippen LogP contribution in [0.2, 0.25) is 0 Å². The lowest BCUT2D eigenvalue weighted by Crippen LogP contribution is -2.61. The highest BCUT2D eigenvalue weighted by Crippen LogP contribution is 2.24. The van der Waals surface area contributed by atoms with Crippen molar-refractivity contribution >= 4 is 53.4 Å². The Hall–Kier alpha value is -6.45. The van der Waals surface area contributed by atoms with Crippen molar-refractivity contribution in [3.05, 3.63) is 71.8 Å². The van der Waals surface area contributed by atoms with E-state index in [2.05, 4.69) is 26.6 Å². The Bertz CT molecular complexity index is 1860. The van der Waals surface area contributed by atoms with Gasteiger partial charge in [-0.25, -0.2) is 4.79 Å². The second-order valence-corrected chi connectivity index (χ2v) is 14.7. The molecule has 8 atom stereocenters. The fourth-order valence-electron chi connectivity index (χ4n) is 5.75. The molecule has 6 amide bonds. The monoisotopic (exact) mass is 855 g/mol. The Labute approximate surface area is 351 Å². The second-order valence-electron chi connectivity index (χ2n) is 14.7. The normalized spacial score (nSPS) is 17.1. The zero-order valence-electron chi connectivity index (χ0n) is 34.0. The van der Waals surface area contributed by atoms with E-state index in [9.17, 15) is 58.5 Å². The molecule has 0 spiro atoms. The Balaban J connectivity index is 1.62. The number of ketones is 1. The number of aliphatic carboxylic acids is 2. The largest absolute Gasteiger partial charge is 0.481 e. The number of carboxylic acids is 2. The van der Waals surface area contributed by atoms with E-state index < -0.39 is 121 Å². The predicted molar refractivity (Wildman–Crippen MR) is 212 cm³/mol. The number of Topliss-reactive ketones (excluding diaryl/α,β-unsaturated/α-hetero) is 1. The van der Waals surface area contributed by atoms with E-state index in [4.69, 9.17) is 9.47 Å². The van der Waals surface area contributed by atoms with Gasteiger partial charge >= 0.3 is 18.0 Å². The van der Waals surface area contributed by atoms with Crippen molar-refractivity contribution in [3.8, 4) is 0 Å². The third-order valence-corrected chi connectivity index (χ3v) is 9.10. The number of aliphatic hydroxyl groups excluding tert-OH is 1. The van der Waals surface area contributed by atoms with E-state index in [1.807, 2.05) is 41.2 Å². The van der Waals surface area contributed by atoms with Crippen molar-refractivity contribution in [2.75, 3.05) is 0 Å². The van der Waals surface area contributed by atoms with Crippen LogP contribution < -0.4 is 37.4 Å². The third kappa shape index (κ3) is 17.0. The number of rotatable bonds is 24. The van der Waals surface area contributed by atoms with Crippen LogP contribution in [-0.2, 0) is 61.0 Å². The van der Waals surface area contributed by atoms with E-state index in [0.717, 1.165) is 12.5 Å². The molecule has 3 rings (SSSR count). The number of hydrogen-bond donors (Lipinski definition) is 10. The highest BCUT2D eigenvalue weighted by molar-refractivity contribution is 6.00. The SMILES string of the molecule is CC(C)C[C@H](NC(=O)OCc1ccccc1)C(=O)N[C@@H](CCC(=O)O)C(=O)N[C@H](C(=O)N[C@@H](CC(=O)O)C(=O)NNC(=O)C1OC1C(=O)C(C)NCc1ccccc1)[C@@H](C)O. The van der Waals surface area contributed by atoms with E-state index in [0.29, 0.717) is 12.1 Å². The lowest BCUT2D eigenvalue weighted by molar-refractivity contribution is -0.142. The lowest BCUT2D eigenvalue weighted by Gasteiger charge is -2.27. The van der Waals surface area contributed by atoms with Crippen molar-refractivity contribution in [1.82, 2.24) is 37.4 Å². The molecule has 1 aliphatic heterocycles. The van der Waals surface area contributed by atoms with Gasteiger partial charge in [0.2, 0.25) is 17.7 Å². The average molecular weight is 856 g/mol. The summed E-state index contributed by atoms with van der Waals surface area (Å²) in [5.41, 5.74) is 5.58. The molecule has 21 heteroatoms. The number of hydrazine groups is 1. The van der Waals surface area contributed by atoms with Gasteiger partial charge in [0.05, 0.1) is 18.6 Å². The molecule has 10 N–H and O–H groups in total. The Morgan fingerprint density at radius 3 is 1.84 bits per heavy atom. The molecule has 332 valence electrons. The minimum atomic E-state index is -1.89. The summed E-state index contributed by atoms with van der Waals surface area (Å²) < 4.78 is 10.4.